The molecule has 0 saturated heterocycles. The normalized spacial score (nSPS) is 23.7. The average molecular weight is 168 g/mol. The molecule has 1 unspecified atom stereocenters. The quantitative estimate of drug-likeness (QED) is 0.558. The Morgan fingerprint density at radius 1 is 1.15 bits per heavy atom. The molecular formula is C13H12. The molecule has 2 bridgehead atoms. The number of hydrogen-bond donors (Lipinski definition) is 0. The Kier molecular flexibility index (Phi) is 1.42. The van der Waals surface area contributed by atoms with Crippen LogP contribution in [0.1, 0.15) is 23.5 Å². The van der Waals surface area contributed by atoms with Crippen molar-refractivity contribution in [2.45, 2.75) is 18.8 Å². The third kappa shape index (κ3) is 1.06. The third-order valence-electron chi connectivity index (χ3n) is 3.03. The lowest BCUT2D eigenvalue weighted by molar-refractivity contribution is 0.741. The lowest BCUT2D eigenvalue weighted by Crippen LogP contribution is -2.12. The lowest BCUT2D eigenvalue weighted by atomic mass is 9.78. The predicted molar refractivity (Wildman–Crippen MR) is 54.7 cm³/mol. The molecule has 0 radical (unpaired) electrons. The van der Waals surface area contributed by atoms with Gasteiger partial charge in [-0.1, -0.05) is 48.1 Å². The fourth-order valence-corrected chi connectivity index (χ4v) is 2.39. The van der Waals surface area contributed by atoms with Gasteiger partial charge in [-0.2, -0.15) is 0 Å². The van der Waals surface area contributed by atoms with Crippen LogP contribution >= 0.6 is 0 Å². The molecule has 1 aromatic rings. The second kappa shape index (κ2) is 2.59. The number of allylic oxidation sites excluding steroid dienone is 4. The van der Waals surface area contributed by atoms with Crippen molar-refractivity contribution in [3.8, 4) is 0 Å². The van der Waals surface area contributed by atoms with Gasteiger partial charge in [0.2, 0.25) is 0 Å². The van der Waals surface area contributed by atoms with Crippen molar-refractivity contribution in [1.82, 2.24) is 0 Å². The van der Waals surface area contributed by atoms with Crippen LogP contribution < -0.4 is 0 Å². The van der Waals surface area contributed by atoms with Gasteiger partial charge in [0.05, 0.1) is 0 Å². The molecule has 0 amide bonds. The summed E-state index contributed by atoms with van der Waals surface area (Å²) in [6, 6.07) is 8.82. The van der Waals surface area contributed by atoms with Gasteiger partial charge in [-0.05, 0) is 24.0 Å². The van der Waals surface area contributed by atoms with Crippen LogP contribution in [0.4, 0.5) is 0 Å². The van der Waals surface area contributed by atoms with Crippen molar-refractivity contribution in [3.05, 3.63) is 59.2 Å². The van der Waals surface area contributed by atoms with Gasteiger partial charge < -0.3 is 0 Å². The fourth-order valence-electron chi connectivity index (χ4n) is 2.39. The first-order valence-corrected chi connectivity index (χ1v) is 4.87. The Balaban J connectivity index is 2.19. The van der Waals surface area contributed by atoms with E-state index in [4.69, 9.17) is 0 Å². The molecular weight excluding hydrogens is 156 g/mol. The molecule has 1 atom stereocenters. The standard InChI is InChI=1S/C13H12/c1-2-7-13-11(5-1)8-10-4-3-6-12(13)9-10/h1-7,12H,8-9H2. The molecule has 64 valence electrons. The van der Waals surface area contributed by atoms with E-state index < -0.39 is 0 Å². The molecule has 0 aliphatic heterocycles. The van der Waals surface area contributed by atoms with Crippen LogP contribution in [0, 0.1) is 0 Å². The maximum absolute atomic E-state index is 2.32. The summed E-state index contributed by atoms with van der Waals surface area (Å²) in [5.41, 5.74) is 4.65. The highest BCUT2D eigenvalue weighted by molar-refractivity contribution is 5.44. The summed E-state index contributed by atoms with van der Waals surface area (Å²) in [5.74, 6) is 0.657. The minimum absolute atomic E-state index is 0.657. The SMILES string of the molecule is C1=CC2CC(=C1)Cc1ccccc12. The molecule has 0 N–H and O–H groups in total. The van der Waals surface area contributed by atoms with E-state index in [1.165, 1.54) is 17.5 Å². The Bertz CT molecular complexity index is 396. The zero-order chi connectivity index (χ0) is 8.67. The topological polar surface area (TPSA) is 0 Å². The average Bonchev–Trinajstić information content (AvgIpc) is 2.18. The zero-order valence-corrected chi connectivity index (χ0v) is 7.53. The first kappa shape index (κ1) is 7.14. The van der Waals surface area contributed by atoms with Gasteiger partial charge in [-0.25, -0.2) is 0 Å². The predicted octanol–water partition coefficient (Wildman–Crippen LogP) is 3.21. The van der Waals surface area contributed by atoms with Crippen LogP contribution in [0.3, 0.4) is 0 Å². The number of hydrogen-bond acceptors (Lipinski definition) is 0. The van der Waals surface area contributed by atoms with E-state index in [-0.39, 0.29) is 0 Å². The summed E-state index contributed by atoms with van der Waals surface area (Å²) in [7, 11) is 0. The fraction of sp³-hybridized carbons (Fsp3) is 0.231. The van der Waals surface area contributed by atoms with E-state index in [1.54, 1.807) is 5.57 Å². The van der Waals surface area contributed by atoms with Crippen LogP contribution in [0.25, 0.3) is 0 Å². The largest absolute Gasteiger partial charge is 0.0767 e. The Hall–Kier alpha value is -1.30. The van der Waals surface area contributed by atoms with E-state index in [0.717, 1.165) is 6.42 Å². The summed E-state index contributed by atoms with van der Waals surface area (Å²) in [6.45, 7) is 0. The van der Waals surface area contributed by atoms with Crippen molar-refractivity contribution in [1.29, 1.82) is 0 Å². The van der Waals surface area contributed by atoms with Gasteiger partial charge in [0.1, 0.15) is 0 Å². The van der Waals surface area contributed by atoms with E-state index in [0.29, 0.717) is 5.92 Å². The van der Waals surface area contributed by atoms with Crippen LogP contribution in [0.5, 0.6) is 0 Å². The summed E-state index contributed by atoms with van der Waals surface area (Å²) >= 11 is 0. The number of fused-ring (bicyclic) bond motifs is 4. The van der Waals surface area contributed by atoms with Gasteiger partial charge in [-0.15, -0.1) is 0 Å². The zero-order valence-electron chi connectivity index (χ0n) is 7.53. The van der Waals surface area contributed by atoms with E-state index in [1.807, 2.05) is 0 Å². The third-order valence-corrected chi connectivity index (χ3v) is 3.03. The highest BCUT2D eigenvalue weighted by atomic mass is 14.3. The number of rotatable bonds is 0. The number of benzene rings is 1. The second-order valence-corrected chi connectivity index (χ2v) is 3.90. The molecule has 0 nitrogen and oxygen atoms in total. The van der Waals surface area contributed by atoms with Gasteiger partial charge in [-0.3, -0.25) is 0 Å². The van der Waals surface area contributed by atoms with E-state index in [2.05, 4.69) is 42.5 Å². The first-order valence-electron chi connectivity index (χ1n) is 4.87. The summed E-state index contributed by atoms with van der Waals surface area (Å²) < 4.78 is 0. The van der Waals surface area contributed by atoms with E-state index >= 15 is 0 Å². The van der Waals surface area contributed by atoms with Crippen molar-refractivity contribution in [2.75, 3.05) is 0 Å². The van der Waals surface area contributed by atoms with Crippen molar-refractivity contribution in [2.24, 2.45) is 0 Å². The van der Waals surface area contributed by atoms with E-state index in [9.17, 15) is 0 Å². The van der Waals surface area contributed by atoms with Crippen LogP contribution in [0.15, 0.2) is 48.1 Å². The van der Waals surface area contributed by atoms with Crippen molar-refractivity contribution >= 4 is 0 Å². The lowest BCUT2D eigenvalue weighted by Gasteiger charge is -2.27. The molecule has 0 heterocycles. The Labute approximate surface area is 78.6 Å². The van der Waals surface area contributed by atoms with Gasteiger partial charge >= 0.3 is 0 Å². The van der Waals surface area contributed by atoms with Crippen molar-refractivity contribution < 1.29 is 0 Å². The Morgan fingerprint density at radius 3 is 3.08 bits per heavy atom. The summed E-state index contributed by atoms with van der Waals surface area (Å²) in [5, 5.41) is 0. The van der Waals surface area contributed by atoms with Gasteiger partial charge in [0.15, 0.2) is 0 Å². The highest BCUT2D eigenvalue weighted by Crippen LogP contribution is 2.37. The molecule has 0 spiro atoms. The van der Waals surface area contributed by atoms with Crippen LogP contribution in [-0.2, 0) is 6.42 Å². The maximum atomic E-state index is 2.32. The molecule has 2 aliphatic rings. The molecule has 0 fully saturated rings. The highest BCUT2D eigenvalue weighted by Gasteiger charge is 2.21. The van der Waals surface area contributed by atoms with Gasteiger partial charge in [0.25, 0.3) is 0 Å². The van der Waals surface area contributed by atoms with Crippen LogP contribution in [0.2, 0.25) is 0 Å². The smallest absolute Gasteiger partial charge is 0.00613 e. The molecule has 13 heavy (non-hydrogen) atoms. The first-order chi connectivity index (χ1) is 6.43. The monoisotopic (exact) mass is 168 g/mol. The minimum atomic E-state index is 0.657. The second-order valence-electron chi connectivity index (χ2n) is 3.90. The van der Waals surface area contributed by atoms with Gasteiger partial charge in [0, 0.05) is 5.92 Å². The van der Waals surface area contributed by atoms with Crippen molar-refractivity contribution in [3.63, 3.8) is 0 Å². The summed E-state index contributed by atoms with van der Waals surface area (Å²) in [6.07, 6.45) is 9.21. The Morgan fingerprint density at radius 2 is 2.08 bits per heavy atom. The molecule has 2 aliphatic carbocycles. The molecule has 0 saturated carbocycles. The molecule has 1 aromatic carbocycles. The summed E-state index contributed by atoms with van der Waals surface area (Å²) in [4.78, 5) is 0. The minimum Gasteiger partial charge on any atom is -0.0767 e. The molecule has 0 heteroatoms. The van der Waals surface area contributed by atoms with Crippen LogP contribution in [-0.4, -0.2) is 0 Å². The maximum Gasteiger partial charge on any atom is 0.00613 e. The molecule has 0 aromatic heterocycles. The molecule has 3 rings (SSSR count).